The van der Waals surface area contributed by atoms with Crippen LogP contribution in [0.2, 0.25) is 0 Å². The Kier molecular flexibility index (Phi) is 9.77. The van der Waals surface area contributed by atoms with Gasteiger partial charge in [0, 0.05) is 17.1 Å². The Bertz CT molecular complexity index is 539. The number of nitrogens with zero attached hydrogens (tertiary/aromatic N) is 1. The van der Waals surface area contributed by atoms with Crippen LogP contribution in [-0.4, -0.2) is 0 Å². The van der Waals surface area contributed by atoms with Gasteiger partial charge in [0.25, 0.3) is 0 Å². The van der Waals surface area contributed by atoms with Gasteiger partial charge in [-0.15, -0.1) is 0 Å². The minimum atomic E-state index is 0. The number of halogens is 2. The van der Waals surface area contributed by atoms with Crippen LogP contribution in [-0.2, 0) is 19.5 Å². The first-order chi connectivity index (χ1) is 9.45. The third-order valence-corrected chi connectivity index (χ3v) is 3.04. The third-order valence-electron chi connectivity index (χ3n) is 3.04. The largest absolute Gasteiger partial charge is 2.00 e. The number of hydrogen-bond donors (Lipinski definition) is 0. The first-order valence-corrected chi connectivity index (χ1v) is 6.40. The molecule has 0 unspecified atom stereocenters. The minimum absolute atomic E-state index is 0. The van der Waals surface area contributed by atoms with Gasteiger partial charge in [-0.3, -0.25) is 0 Å². The Hall–Kier alpha value is -1.34. The zero-order chi connectivity index (χ0) is 12.9. The van der Waals surface area contributed by atoms with Crippen molar-refractivity contribution >= 4 is 17.1 Å². The summed E-state index contributed by atoms with van der Waals surface area (Å²) in [7, 11) is 0. The second-order valence-corrected chi connectivity index (χ2v) is 4.34. The van der Waals surface area contributed by atoms with Crippen molar-refractivity contribution < 1.29 is 44.3 Å². The van der Waals surface area contributed by atoms with E-state index in [4.69, 9.17) is 0 Å². The van der Waals surface area contributed by atoms with Crippen molar-refractivity contribution in [2.45, 2.75) is 0 Å². The van der Waals surface area contributed by atoms with Crippen molar-refractivity contribution in [1.29, 1.82) is 0 Å². The van der Waals surface area contributed by atoms with Crippen LogP contribution in [0.5, 0.6) is 0 Å². The Morgan fingerprint density at radius 2 is 0.636 bits per heavy atom. The van der Waals surface area contributed by atoms with Gasteiger partial charge < -0.3 is 29.7 Å². The third kappa shape index (κ3) is 4.85. The molecule has 108 valence electrons. The fourth-order valence-electron chi connectivity index (χ4n) is 2.18. The number of anilines is 3. The Morgan fingerprint density at radius 1 is 0.409 bits per heavy atom. The molecule has 0 aliphatic carbocycles. The van der Waals surface area contributed by atoms with E-state index < -0.39 is 0 Å². The number of rotatable bonds is 3. The molecule has 22 heavy (non-hydrogen) atoms. The normalized spacial score (nSPS) is 8.73. The Balaban J connectivity index is 0.00000147. The summed E-state index contributed by atoms with van der Waals surface area (Å²) in [5, 5.41) is 0. The Labute approximate surface area is 156 Å². The van der Waals surface area contributed by atoms with Crippen LogP contribution in [0.15, 0.2) is 91.0 Å². The molecular weight excluding hydrogens is 367 g/mol. The monoisotopic (exact) mass is 379 g/mol. The second-order valence-electron chi connectivity index (χ2n) is 4.34. The molecule has 3 aromatic carbocycles. The van der Waals surface area contributed by atoms with E-state index >= 15 is 0 Å². The van der Waals surface area contributed by atoms with Crippen LogP contribution < -0.4 is 29.7 Å². The summed E-state index contributed by atoms with van der Waals surface area (Å²) >= 11 is 0. The molecular formula is C18H15Cl2NZn. The summed E-state index contributed by atoms with van der Waals surface area (Å²) in [5.74, 6) is 0. The predicted molar refractivity (Wildman–Crippen MR) is 81.1 cm³/mol. The SMILES string of the molecule is [Cl-].[Cl-].[Zn+2].c1ccc(N(c2ccccc2)c2ccccc2)cc1. The van der Waals surface area contributed by atoms with Crippen molar-refractivity contribution in [2.75, 3.05) is 4.90 Å². The van der Waals surface area contributed by atoms with Crippen molar-refractivity contribution in [3.63, 3.8) is 0 Å². The second kappa shape index (κ2) is 10.4. The fourth-order valence-corrected chi connectivity index (χ4v) is 2.18. The van der Waals surface area contributed by atoms with Crippen molar-refractivity contribution in [3.05, 3.63) is 91.0 Å². The number of benzene rings is 3. The molecule has 1 nitrogen and oxygen atoms in total. The summed E-state index contributed by atoms with van der Waals surface area (Å²) < 4.78 is 0. The molecule has 3 rings (SSSR count). The van der Waals surface area contributed by atoms with E-state index in [1.165, 1.54) is 17.1 Å². The molecule has 0 radical (unpaired) electrons. The van der Waals surface area contributed by atoms with Crippen LogP contribution in [0.3, 0.4) is 0 Å². The zero-order valence-corrected chi connectivity index (χ0v) is 16.5. The molecule has 0 amide bonds. The van der Waals surface area contributed by atoms with Gasteiger partial charge in [-0.25, -0.2) is 0 Å². The van der Waals surface area contributed by atoms with Gasteiger partial charge in [0.05, 0.1) is 0 Å². The summed E-state index contributed by atoms with van der Waals surface area (Å²) in [5.41, 5.74) is 3.50. The first-order valence-electron chi connectivity index (χ1n) is 6.40. The van der Waals surface area contributed by atoms with Crippen LogP contribution in [0.25, 0.3) is 0 Å². The maximum Gasteiger partial charge on any atom is 2.00 e. The van der Waals surface area contributed by atoms with Crippen LogP contribution in [0.4, 0.5) is 17.1 Å². The first kappa shape index (κ1) is 20.7. The molecule has 0 bridgehead atoms. The molecule has 0 atom stereocenters. The van der Waals surface area contributed by atoms with Crippen LogP contribution in [0.1, 0.15) is 0 Å². The van der Waals surface area contributed by atoms with E-state index in [0.717, 1.165) is 0 Å². The smallest absolute Gasteiger partial charge is 1.00 e. The maximum absolute atomic E-state index is 2.25. The van der Waals surface area contributed by atoms with E-state index in [9.17, 15) is 0 Å². The topological polar surface area (TPSA) is 3.24 Å². The van der Waals surface area contributed by atoms with Crippen LogP contribution >= 0.6 is 0 Å². The molecule has 3 aromatic rings. The van der Waals surface area contributed by atoms with Gasteiger partial charge >= 0.3 is 19.5 Å². The Morgan fingerprint density at radius 3 is 0.864 bits per heavy atom. The van der Waals surface area contributed by atoms with Crippen molar-refractivity contribution in [2.24, 2.45) is 0 Å². The quantitative estimate of drug-likeness (QED) is 0.535. The van der Waals surface area contributed by atoms with Crippen molar-refractivity contribution in [3.8, 4) is 0 Å². The average molecular weight is 382 g/mol. The molecule has 0 aliphatic rings. The van der Waals surface area contributed by atoms with Gasteiger partial charge in [-0.2, -0.15) is 0 Å². The number of para-hydroxylation sites is 3. The molecule has 0 heterocycles. The predicted octanol–water partition coefficient (Wildman–Crippen LogP) is -0.838. The molecule has 4 heteroatoms. The van der Waals surface area contributed by atoms with E-state index in [-0.39, 0.29) is 44.3 Å². The summed E-state index contributed by atoms with van der Waals surface area (Å²) in [6.45, 7) is 0. The van der Waals surface area contributed by atoms with E-state index in [1.54, 1.807) is 0 Å². The molecule has 0 fully saturated rings. The van der Waals surface area contributed by atoms with Gasteiger partial charge in [-0.05, 0) is 36.4 Å². The van der Waals surface area contributed by atoms with Crippen LogP contribution in [0, 0.1) is 0 Å². The minimum Gasteiger partial charge on any atom is -1.00 e. The molecule has 0 saturated heterocycles. The average Bonchev–Trinajstić information content (AvgIpc) is 2.51. The molecule has 0 N–H and O–H groups in total. The molecule has 0 spiro atoms. The van der Waals surface area contributed by atoms with Crippen molar-refractivity contribution in [1.82, 2.24) is 0 Å². The zero-order valence-electron chi connectivity index (χ0n) is 12.1. The number of hydrogen-bond acceptors (Lipinski definition) is 1. The summed E-state index contributed by atoms with van der Waals surface area (Å²) in [6.07, 6.45) is 0. The standard InChI is InChI=1S/C18H15N.2ClH.Zn/c1-4-10-16(11-5-1)19(17-12-6-2-7-13-17)18-14-8-3-9-15-18;;;/h1-15H;2*1H;/q;;;+2/p-2. The summed E-state index contributed by atoms with van der Waals surface area (Å²) in [6, 6.07) is 31.3. The van der Waals surface area contributed by atoms with E-state index in [2.05, 4.69) is 77.7 Å². The molecule has 0 saturated carbocycles. The molecule has 0 aliphatic heterocycles. The van der Waals surface area contributed by atoms with Gasteiger partial charge in [0.15, 0.2) is 0 Å². The van der Waals surface area contributed by atoms with E-state index in [1.807, 2.05) is 18.2 Å². The molecule has 0 aromatic heterocycles. The maximum atomic E-state index is 2.25. The fraction of sp³-hybridized carbons (Fsp3) is 0. The van der Waals surface area contributed by atoms with Gasteiger partial charge in [-0.1, -0.05) is 54.6 Å². The van der Waals surface area contributed by atoms with Gasteiger partial charge in [0.2, 0.25) is 0 Å². The summed E-state index contributed by atoms with van der Waals surface area (Å²) in [4.78, 5) is 2.25. The van der Waals surface area contributed by atoms with E-state index in [0.29, 0.717) is 0 Å². The van der Waals surface area contributed by atoms with Gasteiger partial charge in [0.1, 0.15) is 0 Å².